The van der Waals surface area contributed by atoms with E-state index in [9.17, 15) is 0 Å². The molecule has 4 nitrogen and oxygen atoms in total. The van der Waals surface area contributed by atoms with E-state index in [1.807, 2.05) is 35.1 Å². The van der Waals surface area contributed by atoms with Crippen molar-refractivity contribution in [3.05, 3.63) is 60.1 Å². The zero-order valence-electron chi connectivity index (χ0n) is 12.3. The highest BCUT2D eigenvalue weighted by molar-refractivity contribution is 7.22. The van der Waals surface area contributed by atoms with Crippen LogP contribution in [-0.4, -0.2) is 22.1 Å². The molecule has 0 fully saturated rings. The molecule has 0 radical (unpaired) electrons. The summed E-state index contributed by atoms with van der Waals surface area (Å²) in [6.45, 7) is 0. The lowest BCUT2D eigenvalue weighted by Crippen LogP contribution is -1.89. The van der Waals surface area contributed by atoms with Gasteiger partial charge in [0.1, 0.15) is 16.4 Å². The molecule has 0 atom stereocenters. The van der Waals surface area contributed by atoms with Gasteiger partial charge in [0.05, 0.1) is 13.3 Å². The molecule has 0 aliphatic rings. The minimum atomic E-state index is 0.833. The molecule has 0 saturated carbocycles. The second-order valence-electron chi connectivity index (χ2n) is 4.89. The van der Waals surface area contributed by atoms with Crippen LogP contribution >= 0.6 is 22.7 Å². The summed E-state index contributed by atoms with van der Waals surface area (Å²) in [6.07, 6.45) is 1.95. The summed E-state index contributed by atoms with van der Waals surface area (Å²) in [5.41, 5.74) is 1.87. The summed E-state index contributed by atoms with van der Waals surface area (Å²) < 4.78 is 7.00. The second kappa shape index (κ2) is 5.98. The summed E-state index contributed by atoms with van der Waals surface area (Å²) in [7, 11) is 1.66. The van der Waals surface area contributed by atoms with Crippen LogP contribution in [0.4, 0.5) is 0 Å². The average molecular weight is 339 g/mol. The molecule has 0 unspecified atom stereocenters. The first-order valence-corrected chi connectivity index (χ1v) is 8.74. The molecule has 4 aromatic rings. The average Bonchev–Trinajstić information content (AvgIpc) is 3.34. The van der Waals surface area contributed by atoms with Crippen molar-refractivity contribution in [2.45, 2.75) is 0 Å². The van der Waals surface area contributed by atoms with Gasteiger partial charge in [0.2, 0.25) is 0 Å². The first-order chi connectivity index (χ1) is 11.3. The van der Waals surface area contributed by atoms with Crippen LogP contribution in [0.5, 0.6) is 5.75 Å². The Bertz CT molecular complexity index is 908. The molecule has 0 spiro atoms. The Morgan fingerprint density at radius 3 is 2.61 bits per heavy atom. The number of nitrogens with zero attached hydrogens (tertiary/aromatic N) is 3. The van der Waals surface area contributed by atoms with Gasteiger partial charge < -0.3 is 4.74 Å². The number of aromatic nitrogens is 3. The van der Waals surface area contributed by atoms with Crippen molar-refractivity contribution in [1.29, 1.82) is 0 Å². The van der Waals surface area contributed by atoms with Crippen LogP contribution in [0.15, 0.2) is 60.1 Å². The van der Waals surface area contributed by atoms with Crippen molar-refractivity contribution in [2.24, 2.45) is 0 Å². The van der Waals surface area contributed by atoms with Crippen LogP contribution in [0.25, 0.3) is 26.0 Å². The summed E-state index contributed by atoms with van der Waals surface area (Å²) >= 11 is 3.45. The second-order valence-corrected chi connectivity index (χ2v) is 6.90. The monoisotopic (exact) mass is 339 g/mol. The first kappa shape index (κ1) is 14.2. The van der Waals surface area contributed by atoms with E-state index in [0.717, 1.165) is 22.0 Å². The van der Waals surface area contributed by atoms with Gasteiger partial charge in [-0.15, -0.1) is 27.8 Å². The fourth-order valence-corrected chi connectivity index (χ4v) is 4.03. The minimum absolute atomic E-state index is 0.833. The van der Waals surface area contributed by atoms with E-state index < -0.39 is 0 Å². The maximum absolute atomic E-state index is 5.18. The Morgan fingerprint density at radius 2 is 1.87 bits per heavy atom. The third-order valence-electron chi connectivity index (χ3n) is 3.46. The van der Waals surface area contributed by atoms with Gasteiger partial charge in [0.15, 0.2) is 0 Å². The zero-order chi connectivity index (χ0) is 15.6. The van der Waals surface area contributed by atoms with Crippen molar-refractivity contribution in [3.63, 3.8) is 0 Å². The molecule has 6 heteroatoms. The SMILES string of the molecule is COc1ccc(-c2cn(-c3ccc(-c4cccs4)s3)nn2)cc1. The summed E-state index contributed by atoms with van der Waals surface area (Å²) in [4.78, 5) is 2.52. The third-order valence-corrected chi connectivity index (χ3v) is 5.60. The molecule has 0 N–H and O–H groups in total. The van der Waals surface area contributed by atoms with Crippen LogP contribution in [0, 0.1) is 0 Å². The Kier molecular flexibility index (Phi) is 3.69. The number of methoxy groups -OCH3 is 1. The molecular weight excluding hydrogens is 326 g/mol. The maximum Gasteiger partial charge on any atom is 0.119 e. The van der Waals surface area contributed by atoms with E-state index in [4.69, 9.17) is 4.74 Å². The Hall–Kier alpha value is -2.44. The van der Waals surface area contributed by atoms with Gasteiger partial charge in [-0.2, -0.15) is 0 Å². The van der Waals surface area contributed by atoms with Gasteiger partial charge >= 0.3 is 0 Å². The summed E-state index contributed by atoms with van der Waals surface area (Å²) in [5.74, 6) is 0.833. The van der Waals surface area contributed by atoms with E-state index in [1.165, 1.54) is 9.75 Å². The maximum atomic E-state index is 5.18. The van der Waals surface area contributed by atoms with E-state index >= 15 is 0 Å². The molecule has 114 valence electrons. The highest BCUT2D eigenvalue weighted by Crippen LogP contribution is 2.33. The molecule has 0 saturated heterocycles. The lowest BCUT2D eigenvalue weighted by Gasteiger charge is -1.99. The van der Waals surface area contributed by atoms with Crippen LogP contribution in [0.3, 0.4) is 0 Å². The van der Waals surface area contributed by atoms with E-state index in [-0.39, 0.29) is 0 Å². The molecule has 3 heterocycles. The molecule has 3 aromatic heterocycles. The predicted octanol–water partition coefficient (Wildman–Crippen LogP) is 4.73. The van der Waals surface area contributed by atoms with E-state index in [2.05, 4.69) is 40.0 Å². The normalized spacial score (nSPS) is 10.8. The molecule has 23 heavy (non-hydrogen) atoms. The number of hydrogen-bond acceptors (Lipinski definition) is 5. The largest absolute Gasteiger partial charge is 0.497 e. The van der Waals surface area contributed by atoms with Crippen molar-refractivity contribution in [2.75, 3.05) is 7.11 Å². The van der Waals surface area contributed by atoms with Gasteiger partial charge in [-0.05, 0) is 47.8 Å². The molecule has 4 rings (SSSR count). The van der Waals surface area contributed by atoms with E-state index in [1.54, 1.807) is 29.8 Å². The molecule has 0 aliphatic carbocycles. The lowest BCUT2D eigenvalue weighted by atomic mass is 10.2. The first-order valence-electron chi connectivity index (χ1n) is 7.04. The number of thiophene rings is 2. The number of benzene rings is 1. The van der Waals surface area contributed by atoms with Gasteiger partial charge in [0, 0.05) is 15.3 Å². The standard InChI is InChI=1S/C17H13N3OS2/c1-21-13-6-4-12(5-7-13)14-11-20(19-18-14)17-9-8-16(23-17)15-3-2-10-22-15/h2-11H,1H3. The van der Waals surface area contributed by atoms with Gasteiger partial charge in [-0.1, -0.05) is 11.3 Å². The number of rotatable bonds is 4. The topological polar surface area (TPSA) is 39.9 Å². The Morgan fingerprint density at radius 1 is 1.00 bits per heavy atom. The van der Waals surface area contributed by atoms with Crippen molar-refractivity contribution in [1.82, 2.24) is 15.0 Å². The third kappa shape index (κ3) is 2.78. The van der Waals surface area contributed by atoms with Crippen LogP contribution in [0.1, 0.15) is 0 Å². The highest BCUT2D eigenvalue weighted by Gasteiger charge is 2.09. The molecule has 1 aromatic carbocycles. The molecular formula is C17H13N3OS2. The molecule has 0 aliphatic heterocycles. The lowest BCUT2D eigenvalue weighted by molar-refractivity contribution is 0.415. The predicted molar refractivity (Wildman–Crippen MR) is 94.5 cm³/mol. The smallest absolute Gasteiger partial charge is 0.119 e. The number of ether oxygens (including phenoxy) is 1. The van der Waals surface area contributed by atoms with E-state index in [0.29, 0.717) is 0 Å². The summed E-state index contributed by atoms with van der Waals surface area (Å²) in [5, 5.41) is 11.7. The van der Waals surface area contributed by atoms with Crippen LogP contribution < -0.4 is 4.74 Å². The summed E-state index contributed by atoms with van der Waals surface area (Å²) in [6, 6.07) is 16.2. The quantitative estimate of drug-likeness (QED) is 0.539. The highest BCUT2D eigenvalue weighted by atomic mass is 32.1. The van der Waals surface area contributed by atoms with Gasteiger partial charge in [0.25, 0.3) is 0 Å². The Labute approximate surface area is 141 Å². The zero-order valence-corrected chi connectivity index (χ0v) is 14.0. The van der Waals surface area contributed by atoms with Crippen LogP contribution in [-0.2, 0) is 0 Å². The fraction of sp³-hybridized carbons (Fsp3) is 0.0588. The molecule has 0 bridgehead atoms. The van der Waals surface area contributed by atoms with Crippen molar-refractivity contribution in [3.8, 4) is 31.8 Å². The number of hydrogen-bond donors (Lipinski definition) is 0. The minimum Gasteiger partial charge on any atom is -0.497 e. The van der Waals surface area contributed by atoms with Crippen molar-refractivity contribution >= 4 is 22.7 Å². The van der Waals surface area contributed by atoms with Gasteiger partial charge in [-0.25, -0.2) is 4.68 Å². The molecule has 0 amide bonds. The van der Waals surface area contributed by atoms with Crippen LogP contribution in [0.2, 0.25) is 0 Å². The fourth-order valence-electron chi connectivity index (χ4n) is 2.27. The van der Waals surface area contributed by atoms with Gasteiger partial charge in [-0.3, -0.25) is 0 Å². The van der Waals surface area contributed by atoms with Crippen molar-refractivity contribution < 1.29 is 4.74 Å². The Balaban J connectivity index is 1.62.